The van der Waals surface area contributed by atoms with Crippen LogP contribution in [0.2, 0.25) is 0 Å². The summed E-state index contributed by atoms with van der Waals surface area (Å²) in [5.74, 6) is 0.761. The summed E-state index contributed by atoms with van der Waals surface area (Å²) < 4.78 is 5.26. The van der Waals surface area contributed by atoms with E-state index < -0.39 is 0 Å². The molecule has 0 radical (unpaired) electrons. The Balaban J connectivity index is 0.00000208. The molecular formula is C18H24ClN3O2. The van der Waals surface area contributed by atoms with E-state index in [1.807, 2.05) is 24.3 Å². The zero-order valence-corrected chi connectivity index (χ0v) is 14.5. The molecule has 1 fully saturated rings. The number of hydrogen-bond donors (Lipinski definition) is 2. The first kappa shape index (κ1) is 18.5. The zero-order valence-electron chi connectivity index (χ0n) is 13.7. The third-order valence-corrected chi connectivity index (χ3v) is 4.77. The lowest BCUT2D eigenvalue weighted by molar-refractivity contribution is -0.118. The number of nitrogens with two attached hydrogens (primary N) is 1. The lowest BCUT2D eigenvalue weighted by Crippen LogP contribution is -2.36. The van der Waals surface area contributed by atoms with Crippen LogP contribution in [0.1, 0.15) is 38.5 Å². The lowest BCUT2D eigenvalue weighted by atomic mass is 9.71. The van der Waals surface area contributed by atoms with Crippen LogP contribution in [0.15, 0.2) is 41.3 Å². The van der Waals surface area contributed by atoms with Crippen LogP contribution in [-0.2, 0) is 4.79 Å². The zero-order chi connectivity index (χ0) is 16.1. The molecule has 1 aromatic carbocycles. The summed E-state index contributed by atoms with van der Waals surface area (Å²) in [4.78, 5) is 16.3. The summed E-state index contributed by atoms with van der Waals surface area (Å²) in [5.41, 5.74) is 7.67. The van der Waals surface area contributed by atoms with Gasteiger partial charge in [-0.2, -0.15) is 0 Å². The second-order valence-corrected chi connectivity index (χ2v) is 6.43. The maximum Gasteiger partial charge on any atom is 0.224 e. The number of aromatic nitrogens is 1. The fraction of sp³-hybridized carbons (Fsp3) is 0.444. The predicted molar refractivity (Wildman–Crippen MR) is 97.0 cm³/mol. The molecule has 0 atom stereocenters. The second-order valence-electron chi connectivity index (χ2n) is 6.43. The topological polar surface area (TPSA) is 81.2 Å². The molecule has 1 heterocycles. The fourth-order valence-corrected chi connectivity index (χ4v) is 3.38. The average Bonchev–Trinajstić information content (AvgIpc) is 3.11. The molecule has 0 unspecified atom stereocenters. The Morgan fingerprint density at radius 3 is 2.50 bits per heavy atom. The maximum absolute atomic E-state index is 12.4. The van der Waals surface area contributed by atoms with Gasteiger partial charge in [-0.3, -0.25) is 4.79 Å². The van der Waals surface area contributed by atoms with Crippen molar-refractivity contribution in [1.82, 2.24) is 4.98 Å². The Hall–Kier alpha value is -1.85. The summed E-state index contributed by atoms with van der Waals surface area (Å²) >= 11 is 0. The van der Waals surface area contributed by atoms with Crippen LogP contribution >= 0.6 is 12.4 Å². The van der Waals surface area contributed by atoms with Crippen LogP contribution in [0.5, 0.6) is 0 Å². The molecule has 5 nitrogen and oxygen atoms in total. The number of amides is 1. The highest BCUT2D eigenvalue weighted by Crippen LogP contribution is 2.38. The van der Waals surface area contributed by atoms with Gasteiger partial charge < -0.3 is 15.5 Å². The van der Waals surface area contributed by atoms with Crippen molar-refractivity contribution in [3.05, 3.63) is 36.9 Å². The van der Waals surface area contributed by atoms with Gasteiger partial charge >= 0.3 is 0 Å². The molecule has 1 amide bonds. The molecular weight excluding hydrogens is 326 g/mol. The molecule has 130 valence electrons. The summed E-state index contributed by atoms with van der Waals surface area (Å²) in [6.45, 7) is 0.588. The molecule has 1 aromatic heterocycles. The van der Waals surface area contributed by atoms with Crippen molar-refractivity contribution >= 4 is 24.0 Å². The van der Waals surface area contributed by atoms with Crippen molar-refractivity contribution in [2.75, 3.05) is 11.9 Å². The molecule has 0 spiro atoms. The summed E-state index contributed by atoms with van der Waals surface area (Å²) in [7, 11) is 0. The Morgan fingerprint density at radius 2 is 1.92 bits per heavy atom. The number of nitrogens with zero attached hydrogens (tertiary/aromatic N) is 1. The van der Waals surface area contributed by atoms with E-state index >= 15 is 0 Å². The van der Waals surface area contributed by atoms with Gasteiger partial charge in [-0.25, -0.2) is 4.98 Å². The number of hydrogen-bond acceptors (Lipinski definition) is 4. The van der Waals surface area contributed by atoms with Crippen molar-refractivity contribution in [2.45, 2.75) is 38.5 Å². The predicted octanol–water partition coefficient (Wildman–Crippen LogP) is 4.00. The SMILES string of the molecule is Cl.NCC1(CC(=O)Nc2ccc(-c3cnco3)cc2)CCCCC1. The summed E-state index contributed by atoms with van der Waals surface area (Å²) in [6, 6.07) is 7.59. The van der Waals surface area contributed by atoms with E-state index in [1.165, 1.54) is 25.7 Å². The molecule has 3 N–H and O–H groups in total. The van der Waals surface area contributed by atoms with Crippen LogP contribution in [0.4, 0.5) is 5.69 Å². The smallest absolute Gasteiger partial charge is 0.224 e. The number of benzene rings is 1. The first-order valence-electron chi connectivity index (χ1n) is 8.20. The molecule has 0 saturated heterocycles. The largest absolute Gasteiger partial charge is 0.444 e. The number of rotatable bonds is 5. The Bertz CT molecular complexity index is 635. The Labute approximate surface area is 148 Å². The molecule has 0 bridgehead atoms. The maximum atomic E-state index is 12.4. The van der Waals surface area contributed by atoms with Crippen molar-refractivity contribution in [3.8, 4) is 11.3 Å². The van der Waals surface area contributed by atoms with E-state index in [-0.39, 0.29) is 23.7 Å². The van der Waals surface area contributed by atoms with Gasteiger partial charge in [0.05, 0.1) is 6.20 Å². The van der Waals surface area contributed by atoms with Crippen LogP contribution in [0, 0.1) is 5.41 Å². The highest BCUT2D eigenvalue weighted by atomic mass is 35.5. The summed E-state index contributed by atoms with van der Waals surface area (Å²) in [6.07, 6.45) is 9.30. The van der Waals surface area contributed by atoms with E-state index in [0.717, 1.165) is 24.1 Å². The van der Waals surface area contributed by atoms with Crippen LogP contribution in [0.25, 0.3) is 11.3 Å². The third-order valence-electron chi connectivity index (χ3n) is 4.77. The Kier molecular flexibility index (Phi) is 6.40. The first-order valence-corrected chi connectivity index (χ1v) is 8.20. The van der Waals surface area contributed by atoms with Gasteiger partial charge in [0.1, 0.15) is 0 Å². The third kappa shape index (κ3) is 4.36. The highest BCUT2D eigenvalue weighted by Gasteiger charge is 2.32. The normalized spacial score (nSPS) is 16.2. The number of halogens is 1. The number of nitrogens with one attached hydrogen (secondary N) is 1. The van der Waals surface area contributed by atoms with Crippen molar-refractivity contribution in [1.29, 1.82) is 0 Å². The van der Waals surface area contributed by atoms with Gasteiger partial charge in [-0.1, -0.05) is 19.3 Å². The number of anilines is 1. The van der Waals surface area contributed by atoms with E-state index in [0.29, 0.717) is 18.7 Å². The molecule has 2 aromatic rings. The minimum Gasteiger partial charge on any atom is -0.444 e. The van der Waals surface area contributed by atoms with Crippen LogP contribution in [0.3, 0.4) is 0 Å². The minimum absolute atomic E-state index is 0. The van der Waals surface area contributed by atoms with E-state index in [9.17, 15) is 4.79 Å². The average molecular weight is 350 g/mol. The van der Waals surface area contributed by atoms with Crippen LogP contribution in [-0.4, -0.2) is 17.4 Å². The van der Waals surface area contributed by atoms with E-state index in [2.05, 4.69) is 10.3 Å². The molecule has 1 saturated carbocycles. The minimum atomic E-state index is -0.0118. The number of carbonyl (C=O) groups excluding carboxylic acids is 1. The molecule has 6 heteroatoms. The van der Waals surface area contributed by atoms with E-state index in [1.54, 1.807) is 6.20 Å². The first-order chi connectivity index (χ1) is 11.2. The van der Waals surface area contributed by atoms with Gasteiger partial charge in [0.2, 0.25) is 5.91 Å². The Morgan fingerprint density at radius 1 is 1.21 bits per heavy atom. The monoisotopic (exact) mass is 349 g/mol. The molecule has 0 aliphatic heterocycles. The quantitative estimate of drug-likeness (QED) is 0.854. The van der Waals surface area contributed by atoms with Gasteiger partial charge in [0, 0.05) is 17.7 Å². The van der Waals surface area contributed by atoms with Gasteiger partial charge in [0.25, 0.3) is 0 Å². The molecule has 1 aliphatic carbocycles. The van der Waals surface area contributed by atoms with Gasteiger partial charge in [-0.15, -0.1) is 12.4 Å². The van der Waals surface area contributed by atoms with Crippen molar-refractivity contribution in [3.63, 3.8) is 0 Å². The van der Waals surface area contributed by atoms with Gasteiger partial charge in [0.15, 0.2) is 12.2 Å². The number of carbonyl (C=O) groups is 1. The second kappa shape index (κ2) is 8.31. The van der Waals surface area contributed by atoms with Crippen molar-refractivity contribution < 1.29 is 9.21 Å². The van der Waals surface area contributed by atoms with Crippen molar-refractivity contribution in [2.24, 2.45) is 11.1 Å². The number of oxazole rings is 1. The fourth-order valence-electron chi connectivity index (χ4n) is 3.38. The standard InChI is InChI=1S/C18H23N3O2.ClH/c19-12-18(8-2-1-3-9-18)10-17(22)21-15-6-4-14(5-7-15)16-11-20-13-23-16;/h4-7,11,13H,1-3,8-10,12,19H2,(H,21,22);1H. The molecule has 24 heavy (non-hydrogen) atoms. The molecule has 3 rings (SSSR count). The van der Waals surface area contributed by atoms with Crippen LogP contribution < -0.4 is 11.1 Å². The van der Waals surface area contributed by atoms with Gasteiger partial charge in [-0.05, 0) is 49.1 Å². The molecule has 1 aliphatic rings. The van der Waals surface area contributed by atoms with E-state index in [4.69, 9.17) is 10.2 Å². The lowest BCUT2D eigenvalue weighted by Gasteiger charge is -2.35. The highest BCUT2D eigenvalue weighted by molar-refractivity contribution is 5.91. The summed E-state index contributed by atoms with van der Waals surface area (Å²) in [5, 5.41) is 2.98.